The number of pyridine rings is 1. The molecular weight excluding hydrogens is 422 g/mol. The van der Waals surface area contributed by atoms with Crippen LogP contribution in [0.5, 0.6) is 0 Å². The molecule has 3 heterocycles. The minimum Gasteiger partial charge on any atom is -0.378 e. The highest BCUT2D eigenvalue weighted by molar-refractivity contribution is 5.64. The fourth-order valence-electron chi connectivity index (χ4n) is 3.76. The van der Waals surface area contributed by atoms with E-state index in [0.29, 0.717) is 13.2 Å². The summed E-state index contributed by atoms with van der Waals surface area (Å²) in [5.74, 6) is 7.76. The van der Waals surface area contributed by atoms with E-state index in [0.717, 1.165) is 60.6 Å². The van der Waals surface area contributed by atoms with Gasteiger partial charge in [0.25, 0.3) is 0 Å². The lowest BCUT2D eigenvalue weighted by Gasteiger charge is -2.28. The first kappa shape index (κ1) is 23.5. The second-order valence-corrected chi connectivity index (χ2v) is 8.65. The van der Waals surface area contributed by atoms with Crippen LogP contribution < -0.4 is 10.6 Å². The number of rotatable bonds is 6. The van der Waals surface area contributed by atoms with E-state index < -0.39 is 0 Å². The van der Waals surface area contributed by atoms with Crippen molar-refractivity contribution >= 4 is 11.8 Å². The largest absolute Gasteiger partial charge is 0.378 e. The lowest BCUT2D eigenvalue weighted by atomic mass is 10.1. The number of nitrogens with two attached hydrogens (primary N) is 1. The number of allylic oxidation sites excluding steroid dienone is 2. The van der Waals surface area contributed by atoms with E-state index in [1.54, 1.807) is 12.4 Å². The standard InChI is InChI=1S/C28H31N5O/c1-21(2)5-3-4-6-22-7-9-23(10-8-22)11-12-24-17-26(25-19-30-28(29)31-20-25)32-27(18-24)33-13-15-34-16-14-33/h5,7-10,17-20H,3-4,6,13-16H2,1-2H3,(H2,29,30,31). The Balaban J connectivity index is 1.54. The Hall–Kier alpha value is -3.69. The number of hydrogen-bond donors (Lipinski definition) is 1. The minimum absolute atomic E-state index is 0.244. The number of nitrogens with zero attached hydrogens (tertiary/aromatic N) is 4. The van der Waals surface area contributed by atoms with Crippen molar-refractivity contribution in [3.8, 4) is 23.1 Å². The predicted octanol–water partition coefficient (Wildman–Crippen LogP) is 4.65. The van der Waals surface area contributed by atoms with E-state index in [1.165, 1.54) is 11.1 Å². The molecule has 0 bridgehead atoms. The number of anilines is 2. The normalized spacial score (nSPS) is 13.2. The molecule has 1 saturated heterocycles. The van der Waals surface area contributed by atoms with Crippen LogP contribution in [0.3, 0.4) is 0 Å². The number of hydrogen-bond acceptors (Lipinski definition) is 6. The topological polar surface area (TPSA) is 77.2 Å². The maximum Gasteiger partial charge on any atom is 0.219 e. The van der Waals surface area contributed by atoms with Gasteiger partial charge in [0.15, 0.2) is 0 Å². The van der Waals surface area contributed by atoms with Crippen molar-refractivity contribution in [3.05, 3.63) is 77.1 Å². The average molecular weight is 454 g/mol. The highest BCUT2D eigenvalue weighted by atomic mass is 16.5. The van der Waals surface area contributed by atoms with E-state index in [4.69, 9.17) is 15.5 Å². The van der Waals surface area contributed by atoms with Crippen molar-refractivity contribution in [1.29, 1.82) is 0 Å². The molecule has 1 aromatic carbocycles. The molecule has 1 aliphatic rings. The molecule has 6 nitrogen and oxygen atoms in total. The van der Waals surface area contributed by atoms with Gasteiger partial charge in [0.2, 0.25) is 5.95 Å². The minimum atomic E-state index is 0.244. The second-order valence-electron chi connectivity index (χ2n) is 8.65. The Bertz CT molecular complexity index is 1180. The maximum absolute atomic E-state index is 5.66. The zero-order chi connectivity index (χ0) is 23.8. The first-order chi connectivity index (χ1) is 16.6. The molecule has 0 amide bonds. The fraction of sp³-hybridized carbons (Fsp3) is 0.321. The summed E-state index contributed by atoms with van der Waals surface area (Å²) in [7, 11) is 0. The van der Waals surface area contributed by atoms with E-state index >= 15 is 0 Å². The van der Waals surface area contributed by atoms with Crippen molar-refractivity contribution in [2.45, 2.75) is 33.1 Å². The van der Waals surface area contributed by atoms with Crippen LogP contribution in [0, 0.1) is 11.8 Å². The van der Waals surface area contributed by atoms with Crippen LogP contribution in [0.1, 0.15) is 43.4 Å². The van der Waals surface area contributed by atoms with Gasteiger partial charge in [-0.25, -0.2) is 15.0 Å². The summed E-state index contributed by atoms with van der Waals surface area (Å²) >= 11 is 0. The summed E-state index contributed by atoms with van der Waals surface area (Å²) in [6, 6.07) is 12.6. The summed E-state index contributed by atoms with van der Waals surface area (Å²) in [5, 5.41) is 0. The lowest BCUT2D eigenvalue weighted by Crippen LogP contribution is -2.36. The van der Waals surface area contributed by atoms with Crippen molar-refractivity contribution in [3.63, 3.8) is 0 Å². The SMILES string of the molecule is CC(C)=CCCCc1ccc(C#Cc2cc(-c3cnc(N)nc3)nc(N3CCOCC3)c2)cc1. The summed E-state index contributed by atoms with van der Waals surface area (Å²) in [6.45, 7) is 7.28. The monoisotopic (exact) mass is 453 g/mol. The number of ether oxygens (including phenoxy) is 1. The zero-order valence-corrected chi connectivity index (χ0v) is 19.9. The molecule has 1 fully saturated rings. The van der Waals surface area contributed by atoms with Crippen molar-refractivity contribution in [1.82, 2.24) is 15.0 Å². The first-order valence-electron chi connectivity index (χ1n) is 11.7. The Labute approximate surface area is 201 Å². The van der Waals surface area contributed by atoms with Gasteiger partial charge >= 0.3 is 0 Å². The maximum atomic E-state index is 5.66. The van der Waals surface area contributed by atoms with Gasteiger partial charge in [-0.1, -0.05) is 35.6 Å². The third kappa shape index (κ3) is 6.66. The smallest absolute Gasteiger partial charge is 0.219 e. The molecule has 0 spiro atoms. The van der Waals surface area contributed by atoms with E-state index in [1.807, 2.05) is 12.1 Å². The third-order valence-corrected chi connectivity index (χ3v) is 5.64. The number of nitrogen functional groups attached to an aromatic ring is 1. The van der Waals surface area contributed by atoms with Gasteiger partial charge in [0.05, 0.1) is 18.9 Å². The lowest BCUT2D eigenvalue weighted by molar-refractivity contribution is 0.122. The van der Waals surface area contributed by atoms with Gasteiger partial charge in [-0.05, 0) is 62.9 Å². The number of aromatic nitrogens is 3. The third-order valence-electron chi connectivity index (χ3n) is 5.64. The molecule has 0 unspecified atom stereocenters. The molecule has 1 aliphatic heterocycles. The molecule has 0 atom stereocenters. The van der Waals surface area contributed by atoms with Gasteiger partial charge in [-0.2, -0.15) is 0 Å². The second kappa shape index (κ2) is 11.4. The van der Waals surface area contributed by atoms with E-state index in [2.05, 4.69) is 70.9 Å². The average Bonchev–Trinajstić information content (AvgIpc) is 2.87. The van der Waals surface area contributed by atoms with Crippen LogP contribution >= 0.6 is 0 Å². The Morgan fingerprint density at radius 2 is 1.74 bits per heavy atom. The number of morpholine rings is 1. The Kier molecular flexibility index (Phi) is 7.90. The van der Waals surface area contributed by atoms with E-state index in [9.17, 15) is 0 Å². The molecule has 4 rings (SSSR count). The molecule has 2 aromatic heterocycles. The predicted molar refractivity (Wildman–Crippen MR) is 137 cm³/mol. The van der Waals surface area contributed by atoms with Gasteiger partial charge in [0.1, 0.15) is 5.82 Å². The van der Waals surface area contributed by atoms with Crippen LogP contribution in [-0.4, -0.2) is 41.3 Å². The molecule has 0 radical (unpaired) electrons. The van der Waals surface area contributed by atoms with Crippen LogP contribution in [-0.2, 0) is 11.2 Å². The molecule has 174 valence electrons. The van der Waals surface area contributed by atoms with Crippen LogP contribution in [0.25, 0.3) is 11.3 Å². The zero-order valence-electron chi connectivity index (χ0n) is 19.9. The molecular formula is C28H31N5O. The molecule has 0 saturated carbocycles. The van der Waals surface area contributed by atoms with Crippen molar-refractivity contribution < 1.29 is 4.74 Å². The Morgan fingerprint density at radius 3 is 2.44 bits per heavy atom. The summed E-state index contributed by atoms with van der Waals surface area (Å²) in [5.41, 5.74) is 11.9. The molecule has 34 heavy (non-hydrogen) atoms. The van der Waals surface area contributed by atoms with Crippen molar-refractivity contribution in [2.24, 2.45) is 0 Å². The van der Waals surface area contributed by atoms with Crippen molar-refractivity contribution in [2.75, 3.05) is 36.9 Å². The number of unbranched alkanes of at least 4 members (excludes halogenated alkanes) is 1. The number of benzene rings is 1. The summed E-state index contributed by atoms with van der Waals surface area (Å²) in [6.07, 6.45) is 9.05. The molecule has 2 N–H and O–H groups in total. The van der Waals surface area contributed by atoms with E-state index in [-0.39, 0.29) is 5.95 Å². The van der Waals surface area contributed by atoms with Gasteiger partial charge in [-0.3, -0.25) is 0 Å². The summed E-state index contributed by atoms with van der Waals surface area (Å²) in [4.78, 5) is 15.3. The highest BCUT2D eigenvalue weighted by Crippen LogP contribution is 2.23. The quantitative estimate of drug-likeness (QED) is 0.333. The summed E-state index contributed by atoms with van der Waals surface area (Å²) < 4.78 is 5.50. The number of aryl methyl sites for hydroxylation is 1. The van der Waals surface area contributed by atoms with Gasteiger partial charge in [-0.15, -0.1) is 0 Å². The van der Waals surface area contributed by atoms with Crippen LogP contribution in [0.15, 0.2) is 60.4 Å². The van der Waals surface area contributed by atoms with Crippen LogP contribution in [0.2, 0.25) is 0 Å². The van der Waals surface area contributed by atoms with Crippen LogP contribution in [0.4, 0.5) is 11.8 Å². The Morgan fingerprint density at radius 1 is 1.03 bits per heavy atom. The highest BCUT2D eigenvalue weighted by Gasteiger charge is 2.15. The molecule has 3 aromatic rings. The van der Waals surface area contributed by atoms with Gasteiger partial charge in [0, 0.05) is 42.2 Å². The molecule has 0 aliphatic carbocycles. The molecule has 6 heteroatoms. The fourth-order valence-corrected chi connectivity index (χ4v) is 3.76. The first-order valence-corrected chi connectivity index (χ1v) is 11.7. The van der Waals surface area contributed by atoms with Gasteiger partial charge < -0.3 is 15.4 Å².